The van der Waals surface area contributed by atoms with E-state index in [2.05, 4.69) is 22.2 Å². The van der Waals surface area contributed by atoms with Crippen molar-refractivity contribution in [2.75, 3.05) is 52.9 Å². The van der Waals surface area contributed by atoms with Gasteiger partial charge in [0.05, 0.1) is 6.04 Å². The van der Waals surface area contributed by atoms with Gasteiger partial charge in [0.1, 0.15) is 10.7 Å². The van der Waals surface area contributed by atoms with Crippen molar-refractivity contribution in [3.63, 3.8) is 0 Å². The predicted octanol–water partition coefficient (Wildman–Crippen LogP) is 2.33. The van der Waals surface area contributed by atoms with E-state index < -0.39 is 26.6 Å². The molecule has 2 aliphatic heterocycles. The van der Waals surface area contributed by atoms with Crippen LogP contribution >= 0.6 is 0 Å². The van der Waals surface area contributed by atoms with Gasteiger partial charge in [-0.2, -0.15) is 4.31 Å². The number of sulfonamides is 1. The van der Waals surface area contributed by atoms with Gasteiger partial charge < -0.3 is 10.2 Å². The first-order valence-electron chi connectivity index (χ1n) is 11.4. The van der Waals surface area contributed by atoms with Crippen LogP contribution in [-0.2, 0) is 10.0 Å². The zero-order chi connectivity index (χ0) is 23.4. The molecule has 178 valence electrons. The van der Waals surface area contributed by atoms with Crippen molar-refractivity contribution in [3.8, 4) is 0 Å². The Morgan fingerprint density at radius 2 is 1.67 bits per heavy atom. The number of hydrogen-bond acceptors (Lipinski definition) is 5. The molecule has 33 heavy (non-hydrogen) atoms. The molecule has 1 unspecified atom stereocenters. The molecule has 0 spiro atoms. The molecule has 2 aromatic carbocycles. The Kier molecular flexibility index (Phi) is 7.43. The van der Waals surface area contributed by atoms with E-state index in [9.17, 15) is 17.6 Å². The van der Waals surface area contributed by atoms with Gasteiger partial charge in [0.2, 0.25) is 10.0 Å². The van der Waals surface area contributed by atoms with E-state index in [0.717, 1.165) is 56.7 Å². The monoisotopic (exact) mass is 474 g/mol. The van der Waals surface area contributed by atoms with Crippen LogP contribution in [0.2, 0.25) is 0 Å². The fourth-order valence-corrected chi connectivity index (χ4v) is 5.97. The lowest BCUT2D eigenvalue weighted by molar-refractivity contribution is 0.0907. The number of carbonyl (C=O) groups excluding carboxylic acids is 1. The summed E-state index contributed by atoms with van der Waals surface area (Å²) in [5, 5.41) is 3.05. The smallest absolute Gasteiger partial charge is 0.251 e. The highest BCUT2D eigenvalue weighted by Crippen LogP contribution is 2.25. The van der Waals surface area contributed by atoms with Crippen LogP contribution in [0.3, 0.4) is 0 Å². The zero-order valence-electron chi connectivity index (χ0n) is 18.9. The maximum absolute atomic E-state index is 14.5. The third-order valence-corrected chi connectivity index (χ3v) is 8.33. The summed E-state index contributed by atoms with van der Waals surface area (Å²) in [6.07, 6.45) is 1.51. The molecule has 1 amide bonds. The van der Waals surface area contributed by atoms with Crippen molar-refractivity contribution >= 4 is 15.9 Å². The number of nitrogens with zero attached hydrogens (tertiary/aromatic N) is 3. The average molecular weight is 475 g/mol. The molecule has 0 aliphatic carbocycles. The van der Waals surface area contributed by atoms with Crippen LogP contribution in [0.25, 0.3) is 0 Å². The number of halogens is 1. The van der Waals surface area contributed by atoms with Gasteiger partial charge in [0.15, 0.2) is 0 Å². The molecule has 4 rings (SSSR count). The molecular weight excluding hydrogens is 443 g/mol. The summed E-state index contributed by atoms with van der Waals surface area (Å²) in [5.41, 5.74) is 1.10. The summed E-state index contributed by atoms with van der Waals surface area (Å²) >= 11 is 0. The van der Waals surface area contributed by atoms with Crippen LogP contribution in [0.1, 0.15) is 34.8 Å². The van der Waals surface area contributed by atoms with Crippen LogP contribution in [0.5, 0.6) is 0 Å². The number of carbonyl (C=O) groups is 1. The van der Waals surface area contributed by atoms with Crippen molar-refractivity contribution in [1.29, 1.82) is 0 Å². The number of hydrogen-bond donors (Lipinski definition) is 1. The number of rotatable bonds is 7. The molecule has 2 aromatic rings. The molecule has 2 fully saturated rings. The van der Waals surface area contributed by atoms with Gasteiger partial charge >= 0.3 is 0 Å². The lowest BCUT2D eigenvalue weighted by Gasteiger charge is -2.35. The van der Waals surface area contributed by atoms with E-state index >= 15 is 0 Å². The van der Waals surface area contributed by atoms with Crippen LogP contribution in [-0.4, -0.2) is 81.3 Å². The van der Waals surface area contributed by atoms with Crippen LogP contribution in [0.4, 0.5) is 4.39 Å². The molecule has 2 heterocycles. The van der Waals surface area contributed by atoms with E-state index in [0.29, 0.717) is 19.6 Å². The lowest BCUT2D eigenvalue weighted by Crippen LogP contribution is -2.47. The molecule has 0 radical (unpaired) electrons. The van der Waals surface area contributed by atoms with Crippen molar-refractivity contribution in [3.05, 3.63) is 65.5 Å². The molecular formula is C24H31FN4O3S. The van der Waals surface area contributed by atoms with Crippen LogP contribution < -0.4 is 5.32 Å². The summed E-state index contributed by atoms with van der Waals surface area (Å²) < 4.78 is 41.6. The average Bonchev–Trinajstić information content (AvgIpc) is 3.37. The summed E-state index contributed by atoms with van der Waals surface area (Å²) in [5.74, 6) is -1.26. The summed E-state index contributed by atoms with van der Waals surface area (Å²) in [7, 11) is -1.88. The minimum Gasteiger partial charge on any atom is -0.344 e. The first-order valence-corrected chi connectivity index (χ1v) is 12.8. The maximum Gasteiger partial charge on any atom is 0.251 e. The van der Waals surface area contributed by atoms with E-state index in [-0.39, 0.29) is 11.6 Å². The normalized spacial score (nSPS) is 19.5. The van der Waals surface area contributed by atoms with Gasteiger partial charge in [-0.3, -0.25) is 9.69 Å². The number of amides is 1. The van der Waals surface area contributed by atoms with E-state index in [1.54, 1.807) is 0 Å². The Morgan fingerprint density at radius 1 is 1.00 bits per heavy atom. The molecule has 1 N–H and O–H groups in total. The standard InChI is InChI=1S/C24H31FN4O3S/c1-27-13-15-28(16-14-27)18-22(19-7-3-2-4-8-19)26-24(30)20-9-10-21(25)23(17-20)33(31,32)29-11-5-6-12-29/h2-4,7-10,17,22H,5-6,11-16,18H2,1H3,(H,26,30). The second-order valence-corrected chi connectivity index (χ2v) is 10.7. The topological polar surface area (TPSA) is 73.0 Å². The quantitative estimate of drug-likeness (QED) is 0.667. The number of likely N-dealkylation sites (N-methyl/N-ethyl adjacent to an activating group) is 1. The second kappa shape index (κ2) is 10.3. The summed E-state index contributed by atoms with van der Waals surface area (Å²) in [6, 6.07) is 13.0. The van der Waals surface area contributed by atoms with Gasteiger partial charge in [-0.05, 0) is 43.7 Å². The van der Waals surface area contributed by atoms with E-state index in [1.807, 2.05) is 30.3 Å². The van der Waals surface area contributed by atoms with E-state index in [1.165, 1.54) is 10.4 Å². The molecule has 2 saturated heterocycles. The lowest BCUT2D eigenvalue weighted by atomic mass is 10.0. The second-order valence-electron chi connectivity index (χ2n) is 8.80. The van der Waals surface area contributed by atoms with Gasteiger partial charge in [-0.15, -0.1) is 0 Å². The summed E-state index contributed by atoms with van der Waals surface area (Å²) in [4.78, 5) is 17.3. The third kappa shape index (κ3) is 5.60. The fraction of sp³-hybridized carbons (Fsp3) is 0.458. The van der Waals surface area contributed by atoms with Gasteiger partial charge in [-0.25, -0.2) is 12.8 Å². The Morgan fingerprint density at radius 3 is 2.33 bits per heavy atom. The molecule has 0 bridgehead atoms. The largest absolute Gasteiger partial charge is 0.344 e. The van der Waals surface area contributed by atoms with Crippen LogP contribution in [0, 0.1) is 5.82 Å². The Balaban J connectivity index is 1.55. The van der Waals surface area contributed by atoms with Crippen LogP contribution in [0.15, 0.2) is 53.4 Å². The molecule has 0 saturated carbocycles. The maximum atomic E-state index is 14.5. The van der Waals surface area contributed by atoms with Crippen molar-refractivity contribution in [2.45, 2.75) is 23.8 Å². The Labute approximate surface area is 195 Å². The van der Waals surface area contributed by atoms with E-state index in [4.69, 9.17) is 0 Å². The fourth-order valence-electron chi connectivity index (χ4n) is 4.36. The molecule has 0 aromatic heterocycles. The van der Waals surface area contributed by atoms with Gasteiger partial charge in [0, 0.05) is 51.4 Å². The molecule has 9 heteroatoms. The number of benzene rings is 2. The highest BCUT2D eigenvalue weighted by molar-refractivity contribution is 7.89. The van der Waals surface area contributed by atoms with Crippen molar-refractivity contribution in [1.82, 2.24) is 19.4 Å². The first-order chi connectivity index (χ1) is 15.8. The zero-order valence-corrected chi connectivity index (χ0v) is 19.7. The molecule has 7 nitrogen and oxygen atoms in total. The highest BCUT2D eigenvalue weighted by Gasteiger charge is 2.31. The first kappa shape index (κ1) is 23.8. The molecule has 2 aliphatic rings. The predicted molar refractivity (Wildman–Crippen MR) is 125 cm³/mol. The Hall–Kier alpha value is -2.33. The van der Waals surface area contributed by atoms with Gasteiger partial charge in [0.25, 0.3) is 5.91 Å². The Bertz CT molecular complexity index is 1070. The highest BCUT2D eigenvalue weighted by atomic mass is 32.2. The van der Waals surface area contributed by atoms with Crippen molar-refractivity contribution in [2.24, 2.45) is 0 Å². The number of piperazine rings is 1. The third-order valence-electron chi connectivity index (χ3n) is 6.42. The minimum atomic E-state index is -3.97. The summed E-state index contributed by atoms with van der Waals surface area (Å²) in [6.45, 7) is 5.13. The van der Waals surface area contributed by atoms with Gasteiger partial charge in [-0.1, -0.05) is 30.3 Å². The number of nitrogens with one attached hydrogen (secondary N) is 1. The van der Waals surface area contributed by atoms with Crippen molar-refractivity contribution < 1.29 is 17.6 Å². The molecule has 1 atom stereocenters. The minimum absolute atomic E-state index is 0.133. The SMILES string of the molecule is CN1CCN(CC(NC(=O)c2ccc(F)c(S(=O)(=O)N3CCCC3)c2)c2ccccc2)CC1.